The van der Waals surface area contributed by atoms with Gasteiger partial charge in [-0.15, -0.1) is 0 Å². The Hall–Kier alpha value is -1.66. The Morgan fingerprint density at radius 1 is 0.380 bits per heavy atom. The fourth-order valence-electron chi connectivity index (χ4n) is 10.0. The first kappa shape index (κ1) is 69.3. The molecule has 0 radical (unpaired) electrons. The number of allylic oxidation sites excluding steroid dienone is 4. The van der Waals surface area contributed by atoms with Gasteiger partial charge in [0.1, 0.15) is 0 Å². The summed E-state index contributed by atoms with van der Waals surface area (Å²) in [6, 6.07) is -0.552. The van der Waals surface area contributed by atoms with E-state index in [9.17, 15) is 19.8 Å². The Morgan fingerprint density at radius 3 is 1.00 bits per heavy atom. The van der Waals surface area contributed by atoms with Gasteiger partial charge in [-0.3, -0.25) is 9.59 Å². The minimum absolute atomic E-state index is 0.00891. The average molecular weight is 1000 g/mol. The number of carbonyl (C=O) groups excluding carboxylic acids is 2. The van der Waals surface area contributed by atoms with E-state index in [1.807, 2.05) is 0 Å². The Labute approximate surface area is 443 Å². The summed E-state index contributed by atoms with van der Waals surface area (Å²) in [6.45, 7) is 4.95. The Balaban J connectivity index is 3.45. The Kier molecular flexibility index (Phi) is 59.5. The van der Waals surface area contributed by atoms with Crippen LogP contribution < -0.4 is 5.32 Å². The molecule has 0 heterocycles. The highest BCUT2D eigenvalue weighted by Crippen LogP contribution is 2.18. The monoisotopic (exact) mass is 1000 g/mol. The predicted molar refractivity (Wildman–Crippen MR) is 310 cm³/mol. The van der Waals surface area contributed by atoms with Gasteiger partial charge in [0.05, 0.1) is 25.4 Å². The maximum absolute atomic E-state index is 12.5. The van der Waals surface area contributed by atoms with Crippen molar-refractivity contribution in [2.75, 3.05) is 13.2 Å². The third-order valence-corrected chi connectivity index (χ3v) is 15.0. The van der Waals surface area contributed by atoms with E-state index in [1.165, 1.54) is 263 Å². The number of hydrogen-bond donors (Lipinski definition) is 3. The first-order chi connectivity index (χ1) is 35.0. The van der Waals surface area contributed by atoms with Crippen molar-refractivity contribution in [1.82, 2.24) is 5.32 Å². The van der Waals surface area contributed by atoms with Crippen molar-refractivity contribution in [3.8, 4) is 0 Å². The molecule has 0 aliphatic rings. The fraction of sp³-hybridized carbons (Fsp3) is 0.908. The zero-order valence-corrected chi connectivity index (χ0v) is 48.0. The minimum Gasteiger partial charge on any atom is -0.466 e. The minimum atomic E-state index is -0.673. The van der Waals surface area contributed by atoms with Crippen LogP contribution in [0.4, 0.5) is 0 Å². The summed E-state index contributed by atoms with van der Waals surface area (Å²) in [6.07, 6.45) is 74.7. The first-order valence-electron chi connectivity index (χ1n) is 32.1. The molecule has 0 aromatic rings. The van der Waals surface area contributed by atoms with E-state index in [-0.39, 0.29) is 18.5 Å². The molecule has 2 atom stereocenters. The maximum Gasteiger partial charge on any atom is 0.305 e. The molecule has 0 aliphatic carbocycles. The van der Waals surface area contributed by atoms with Crippen molar-refractivity contribution in [3.05, 3.63) is 24.3 Å². The molecule has 0 aromatic carbocycles. The lowest BCUT2D eigenvalue weighted by molar-refractivity contribution is -0.143. The van der Waals surface area contributed by atoms with Gasteiger partial charge in [-0.05, 0) is 77.0 Å². The Bertz CT molecular complexity index is 1110. The predicted octanol–water partition coefficient (Wildman–Crippen LogP) is 20.2. The standard InChI is InChI=1S/C65H125NO5/c1-3-5-7-9-11-13-15-17-19-20-21-22-23-24-26-30-33-37-41-45-49-53-57-63(68)62(61-67)66-64(69)58-54-50-46-42-38-34-31-27-25-28-32-36-40-44-48-52-56-60-71-65(70)59-55-51-47-43-39-35-29-18-16-14-12-10-8-6-4-2/h18,25,28-29,62-63,67-68H,3-17,19-24,26-27,30-61H2,1-2H3,(H,66,69)/b28-25-,29-18-. The zero-order valence-electron chi connectivity index (χ0n) is 48.0. The third-order valence-electron chi connectivity index (χ3n) is 15.0. The lowest BCUT2D eigenvalue weighted by Gasteiger charge is -2.22. The smallest absolute Gasteiger partial charge is 0.305 e. The summed E-state index contributed by atoms with van der Waals surface area (Å²) in [4.78, 5) is 24.6. The quantitative estimate of drug-likeness (QED) is 0.0320. The molecular formula is C65H125NO5. The van der Waals surface area contributed by atoms with Gasteiger partial charge < -0.3 is 20.3 Å². The van der Waals surface area contributed by atoms with Crippen molar-refractivity contribution in [3.63, 3.8) is 0 Å². The number of carbonyl (C=O) groups is 2. The summed E-state index contributed by atoms with van der Waals surface area (Å²) in [7, 11) is 0. The summed E-state index contributed by atoms with van der Waals surface area (Å²) in [5.74, 6) is -0.0526. The van der Waals surface area contributed by atoms with Crippen LogP contribution in [-0.2, 0) is 14.3 Å². The van der Waals surface area contributed by atoms with E-state index in [4.69, 9.17) is 4.74 Å². The summed E-state index contributed by atoms with van der Waals surface area (Å²) < 4.78 is 5.47. The van der Waals surface area contributed by atoms with Gasteiger partial charge in [0.15, 0.2) is 0 Å². The van der Waals surface area contributed by atoms with Gasteiger partial charge in [0.2, 0.25) is 5.91 Å². The molecule has 71 heavy (non-hydrogen) atoms. The number of ether oxygens (including phenoxy) is 1. The molecule has 0 spiro atoms. The van der Waals surface area contributed by atoms with Crippen LogP contribution in [0.3, 0.4) is 0 Å². The second-order valence-electron chi connectivity index (χ2n) is 22.1. The van der Waals surface area contributed by atoms with Crippen LogP contribution in [0.5, 0.6) is 0 Å². The van der Waals surface area contributed by atoms with Gasteiger partial charge in [-0.25, -0.2) is 0 Å². The van der Waals surface area contributed by atoms with Crippen LogP contribution in [0.15, 0.2) is 24.3 Å². The number of hydrogen-bond acceptors (Lipinski definition) is 5. The van der Waals surface area contributed by atoms with E-state index >= 15 is 0 Å². The van der Waals surface area contributed by atoms with Crippen LogP contribution in [0, 0.1) is 0 Å². The molecule has 420 valence electrons. The van der Waals surface area contributed by atoms with Gasteiger partial charge in [-0.2, -0.15) is 0 Å². The van der Waals surface area contributed by atoms with E-state index in [2.05, 4.69) is 43.5 Å². The SMILES string of the molecule is CCCCCCCC/C=C\CCCCCCCC(=O)OCCCCCCCC/C=C\CCCCCCCCCC(=O)NC(CO)C(O)CCCCCCCCCCCCCCCCCCCCCCCC. The molecule has 1 amide bonds. The van der Waals surface area contributed by atoms with E-state index < -0.39 is 12.1 Å². The third kappa shape index (κ3) is 57.5. The van der Waals surface area contributed by atoms with Crippen molar-refractivity contribution in [2.45, 2.75) is 366 Å². The number of aliphatic hydroxyl groups is 2. The van der Waals surface area contributed by atoms with Crippen LogP contribution in [-0.4, -0.2) is 47.4 Å². The number of aliphatic hydroxyl groups excluding tert-OH is 2. The van der Waals surface area contributed by atoms with E-state index in [1.54, 1.807) is 0 Å². The van der Waals surface area contributed by atoms with E-state index in [0.29, 0.717) is 25.9 Å². The molecule has 0 rings (SSSR count). The average Bonchev–Trinajstić information content (AvgIpc) is 3.37. The topological polar surface area (TPSA) is 95.9 Å². The second-order valence-corrected chi connectivity index (χ2v) is 22.1. The number of esters is 1. The van der Waals surface area contributed by atoms with Gasteiger partial charge in [-0.1, -0.05) is 289 Å². The molecule has 3 N–H and O–H groups in total. The summed E-state index contributed by atoms with van der Waals surface area (Å²) in [5, 5.41) is 23.4. The highest BCUT2D eigenvalue weighted by molar-refractivity contribution is 5.76. The maximum atomic E-state index is 12.5. The molecule has 0 fully saturated rings. The van der Waals surface area contributed by atoms with Gasteiger partial charge >= 0.3 is 5.97 Å². The second kappa shape index (κ2) is 60.9. The molecular weight excluding hydrogens is 875 g/mol. The normalized spacial score (nSPS) is 12.7. The van der Waals surface area contributed by atoms with Crippen LogP contribution in [0.2, 0.25) is 0 Å². The number of nitrogens with one attached hydrogen (secondary N) is 1. The van der Waals surface area contributed by atoms with Crippen molar-refractivity contribution in [1.29, 1.82) is 0 Å². The van der Waals surface area contributed by atoms with Crippen molar-refractivity contribution in [2.24, 2.45) is 0 Å². The largest absolute Gasteiger partial charge is 0.466 e. The van der Waals surface area contributed by atoms with Crippen LogP contribution in [0.1, 0.15) is 354 Å². The van der Waals surface area contributed by atoms with Crippen molar-refractivity contribution >= 4 is 11.9 Å². The molecule has 0 bridgehead atoms. The zero-order chi connectivity index (χ0) is 51.4. The molecule has 0 aromatic heterocycles. The fourth-order valence-corrected chi connectivity index (χ4v) is 10.0. The molecule has 6 nitrogen and oxygen atoms in total. The van der Waals surface area contributed by atoms with Crippen LogP contribution >= 0.6 is 0 Å². The van der Waals surface area contributed by atoms with Crippen molar-refractivity contribution < 1.29 is 24.5 Å². The highest BCUT2D eigenvalue weighted by atomic mass is 16.5. The Morgan fingerprint density at radius 2 is 0.662 bits per heavy atom. The molecule has 0 aliphatic heterocycles. The molecule has 0 saturated heterocycles. The number of amides is 1. The van der Waals surface area contributed by atoms with Gasteiger partial charge in [0, 0.05) is 12.8 Å². The summed E-state index contributed by atoms with van der Waals surface area (Å²) in [5.41, 5.74) is 0. The number of rotatable bonds is 60. The summed E-state index contributed by atoms with van der Waals surface area (Å²) >= 11 is 0. The van der Waals surface area contributed by atoms with Gasteiger partial charge in [0.25, 0.3) is 0 Å². The molecule has 0 saturated carbocycles. The molecule has 6 heteroatoms. The lowest BCUT2D eigenvalue weighted by Crippen LogP contribution is -2.45. The highest BCUT2D eigenvalue weighted by Gasteiger charge is 2.20. The number of unbranched alkanes of at least 4 members (excludes halogenated alkanes) is 45. The first-order valence-corrected chi connectivity index (χ1v) is 32.1. The van der Waals surface area contributed by atoms with Crippen LogP contribution in [0.25, 0.3) is 0 Å². The molecule has 2 unspecified atom stereocenters. The lowest BCUT2D eigenvalue weighted by atomic mass is 10.0. The van der Waals surface area contributed by atoms with E-state index in [0.717, 1.165) is 57.8 Å².